The van der Waals surface area contributed by atoms with E-state index in [1.807, 2.05) is 28.8 Å². The molecule has 3 aromatic carbocycles. The van der Waals surface area contributed by atoms with Gasteiger partial charge in [-0.1, -0.05) is 19.6 Å². The highest BCUT2D eigenvalue weighted by Crippen LogP contribution is 2.45. The fraction of sp³-hybridized carbons (Fsp3) is 0.344. The minimum absolute atomic E-state index is 0. The maximum Gasteiger partial charge on any atom is 0.337 e. The third-order valence-corrected chi connectivity index (χ3v) is 8.05. The Labute approximate surface area is 234 Å². The van der Waals surface area contributed by atoms with Gasteiger partial charge >= 0.3 is 5.97 Å². The molecule has 0 aliphatic carbocycles. The summed E-state index contributed by atoms with van der Waals surface area (Å²) in [7, 11) is 4.72. The van der Waals surface area contributed by atoms with Crippen LogP contribution in [0.15, 0.2) is 54.6 Å². The van der Waals surface area contributed by atoms with E-state index in [4.69, 9.17) is 18.9 Å². The number of nitrogens with zero attached hydrogens (tertiary/aromatic N) is 2. The molecule has 0 radical (unpaired) electrons. The van der Waals surface area contributed by atoms with E-state index in [0.29, 0.717) is 23.7 Å². The highest BCUT2D eigenvalue weighted by molar-refractivity contribution is 5.89. The molecule has 8 nitrogen and oxygen atoms in total. The molecule has 0 saturated carbocycles. The molecular weight excluding hydrogens is 508 g/mol. The summed E-state index contributed by atoms with van der Waals surface area (Å²) in [5, 5.41) is 11.4. The van der Waals surface area contributed by atoms with Gasteiger partial charge in [0, 0.05) is 30.2 Å². The van der Waals surface area contributed by atoms with E-state index in [-0.39, 0.29) is 26.2 Å². The molecule has 4 aromatic rings. The van der Waals surface area contributed by atoms with Crippen LogP contribution in [0.25, 0.3) is 10.9 Å². The number of benzene rings is 3. The topological polar surface area (TPSA) is 82.4 Å². The quantitative estimate of drug-likeness (QED) is 0.318. The molecule has 1 N–H and O–H groups in total. The average Bonchev–Trinajstić information content (AvgIpc) is 3.29. The number of fused-ring (bicyclic) bond motifs is 6. The van der Waals surface area contributed by atoms with Crippen LogP contribution in [0.2, 0.25) is 0 Å². The molecule has 0 amide bonds. The maximum atomic E-state index is 11.7. The third-order valence-electron chi connectivity index (χ3n) is 8.05. The van der Waals surface area contributed by atoms with E-state index in [0.717, 1.165) is 48.1 Å². The van der Waals surface area contributed by atoms with Gasteiger partial charge in [-0.3, -0.25) is 4.90 Å². The van der Waals surface area contributed by atoms with Crippen LogP contribution in [-0.4, -0.2) is 48.4 Å². The second-order valence-corrected chi connectivity index (χ2v) is 10.00. The molecule has 210 valence electrons. The number of methoxy groups -OCH3 is 3. The molecule has 1 aromatic heterocycles. The monoisotopic (exact) mass is 544 g/mol. The van der Waals surface area contributed by atoms with Crippen molar-refractivity contribution in [2.75, 3.05) is 27.9 Å². The minimum Gasteiger partial charge on any atom is -0.497 e. The van der Waals surface area contributed by atoms with Crippen molar-refractivity contribution >= 4 is 16.9 Å². The standard InChI is InChI=1S/C31H32N2O6.CH4/c1-36-22-8-9-26-24(13-22)25-14-27-23-15-30(39-17-19-4-6-20(7-5-19)31(35)38-3)29(37-2)12-21(23)10-11-32(27)16-28(25)33(26)18-34;/h4-9,12-13,15,27,34H,10-11,14,16-18H2,1-3H3;1H4. The van der Waals surface area contributed by atoms with Crippen molar-refractivity contribution in [2.45, 2.75) is 46.2 Å². The fourth-order valence-electron chi connectivity index (χ4n) is 6.02. The van der Waals surface area contributed by atoms with Crippen LogP contribution in [0.1, 0.15) is 51.8 Å². The van der Waals surface area contributed by atoms with Gasteiger partial charge in [0.05, 0.1) is 32.4 Å². The van der Waals surface area contributed by atoms with Crippen LogP contribution in [-0.2, 0) is 37.5 Å². The highest BCUT2D eigenvalue weighted by Gasteiger charge is 2.36. The van der Waals surface area contributed by atoms with Crippen LogP contribution in [0.3, 0.4) is 0 Å². The first-order valence-electron chi connectivity index (χ1n) is 13.1. The maximum absolute atomic E-state index is 11.7. The van der Waals surface area contributed by atoms with Crippen molar-refractivity contribution in [3.63, 3.8) is 0 Å². The average molecular weight is 545 g/mol. The molecule has 6 rings (SSSR count). The Morgan fingerprint density at radius 1 is 1.00 bits per heavy atom. The normalized spacial score (nSPS) is 15.8. The van der Waals surface area contributed by atoms with Crippen molar-refractivity contribution in [3.8, 4) is 17.2 Å². The first-order chi connectivity index (χ1) is 19.0. The van der Waals surface area contributed by atoms with Gasteiger partial charge in [-0.05, 0) is 77.6 Å². The number of hydrogen-bond donors (Lipinski definition) is 1. The Morgan fingerprint density at radius 2 is 1.80 bits per heavy atom. The van der Waals surface area contributed by atoms with E-state index in [1.54, 1.807) is 26.4 Å². The zero-order chi connectivity index (χ0) is 27.1. The molecule has 0 bridgehead atoms. The number of aliphatic hydroxyl groups is 1. The molecule has 1 unspecified atom stereocenters. The number of ether oxygens (including phenoxy) is 4. The molecule has 0 fully saturated rings. The van der Waals surface area contributed by atoms with Gasteiger partial charge in [-0.2, -0.15) is 0 Å². The van der Waals surface area contributed by atoms with Crippen molar-refractivity contribution in [3.05, 3.63) is 88.1 Å². The number of hydrogen-bond acceptors (Lipinski definition) is 7. The second-order valence-electron chi connectivity index (χ2n) is 10.00. The molecule has 8 heteroatoms. The predicted molar refractivity (Wildman–Crippen MR) is 153 cm³/mol. The summed E-state index contributed by atoms with van der Waals surface area (Å²) in [6.45, 7) is 2.00. The molecule has 3 heterocycles. The Hall–Kier alpha value is -4.01. The van der Waals surface area contributed by atoms with Crippen molar-refractivity contribution < 1.29 is 28.8 Å². The fourth-order valence-corrected chi connectivity index (χ4v) is 6.02. The van der Waals surface area contributed by atoms with Crippen molar-refractivity contribution in [1.29, 1.82) is 0 Å². The van der Waals surface area contributed by atoms with E-state index in [9.17, 15) is 9.90 Å². The van der Waals surface area contributed by atoms with Crippen LogP contribution < -0.4 is 14.2 Å². The van der Waals surface area contributed by atoms with Crippen molar-refractivity contribution in [2.24, 2.45) is 0 Å². The summed E-state index contributed by atoms with van der Waals surface area (Å²) in [6.07, 6.45) is 1.75. The minimum atomic E-state index is -0.362. The van der Waals surface area contributed by atoms with Gasteiger partial charge in [-0.25, -0.2) is 4.79 Å². The highest BCUT2D eigenvalue weighted by atomic mass is 16.5. The largest absolute Gasteiger partial charge is 0.497 e. The van der Waals surface area contributed by atoms with E-state index >= 15 is 0 Å². The predicted octanol–water partition coefficient (Wildman–Crippen LogP) is 5.27. The van der Waals surface area contributed by atoms with Gasteiger partial charge in [0.2, 0.25) is 0 Å². The number of rotatable bonds is 7. The summed E-state index contributed by atoms with van der Waals surface area (Å²) < 4.78 is 24.3. The molecular formula is C32H36N2O6. The summed E-state index contributed by atoms with van der Waals surface area (Å²) in [5.74, 6) is 1.86. The first kappa shape index (κ1) is 27.6. The van der Waals surface area contributed by atoms with Crippen LogP contribution >= 0.6 is 0 Å². The van der Waals surface area contributed by atoms with Crippen LogP contribution in [0.4, 0.5) is 0 Å². The number of carbonyl (C=O) groups is 1. The lowest BCUT2D eigenvalue weighted by Crippen LogP contribution is -2.39. The SMILES string of the molecule is C.COC(=O)c1ccc(COc2cc3c(cc2OC)CCN2Cc4c(c5cc(OC)ccc5n4CO)CC32)cc1. The van der Waals surface area contributed by atoms with Crippen molar-refractivity contribution in [1.82, 2.24) is 9.47 Å². The van der Waals surface area contributed by atoms with E-state index < -0.39 is 0 Å². The molecule has 0 spiro atoms. The second kappa shape index (κ2) is 11.2. The van der Waals surface area contributed by atoms with Gasteiger partial charge in [0.25, 0.3) is 0 Å². The summed E-state index contributed by atoms with van der Waals surface area (Å²) in [6, 6.07) is 17.7. The summed E-state index contributed by atoms with van der Waals surface area (Å²) in [4.78, 5) is 14.2. The zero-order valence-corrected chi connectivity index (χ0v) is 22.4. The number of aliphatic hydroxyl groups excluding tert-OH is 1. The molecule has 2 aliphatic heterocycles. The van der Waals surface area contributed by atoms with Gasteiger partial charge in [0.1, 0.15) is 19.1 Å². The number of carbonyl (C=O) groups excluding carboxylic acids is 1. The zero-order valence-electron chi connectivity index (χ0n) is 22.4. The lowest BCUT2D eigenvalue weighted by Gasteiger charge is -2.41. The van der Waals surface area contributed by atoms with Gasteiger partial charge < -0.3 is 28.6 Å². The lowest BCUT2D eigenvalue weighted by atomic mass is 9.85. The van der Waals surface area contributed by atoms with E-state index in [2.05, 4.69) is 23.1 Å². The van der Waals surface area contributed by atoms with Gasteiger partial charge in [0.15, 0.2) is 11.5 Å². The van der Waals surface area contributed by atoms with E-state index in [1.165, 1.54) is 29.5 Å². The Balaban J connectivity index is 0.00000323. The number of esters is 1. The summed E-state index contributed by atoms with van der Waals surface area (Å²) >= 11 is 0. The van der Waals surface area contributed by atoms with Crippen LogP contribution in [0, 0.1) is 0 Å². The Morgan fingerprint density at radius 3 is 2.50 bits per heavy atom. The molecule has 2 aliphatic rings. The number of aromatic nitrogens is 1. The van der Waals surface area contributed by atoms with Crippen LogP contribution in [0.5, 0.6) is 17.2 Å². The lowest BCUT2D eigenvalue weighted by molar-refractivity contribution is 0.0600. The molecule has 40 heavy (non-hydrogen) atoms. The molecule has 1 atom stereocenters. The molecule has 0 saturated heterocycles. The first-order valence-corrected chi connectivity index (χ1v) is 13.1. The Bertz CT molecular complexity index is 1540. The van der Waals surface area contributed by atoms with Gasteiger partial charge in [-0.15, -0.1) is 0 Å². The Kier molecular flexibility index (Phi) is 7.74. The smallest absolute Gasteiger partial charge is 0.337 e. The summed E-state index contributed by atoms with van der Waals surface area (Å²) in [5.41, 5.74) is 7.42. The third kappa shape index (κ3) is 4.67.